The second-order valence-electron chi connectivity index (χ2n) is 4.63. The van der Waals surface area contributed by atoms with E-state index in [1.165, 1.54) is 6.07 Å². The summed E-state index contributed by atoms with van der Waals surface area (Å²) in [5.74, 6) is -3.29. The summed E-state index contributed by atoms with van der Waals surface area (Å²) < 4.78 is 5.19. The number of carboxylic acid groups (broad SMARTS) is 1. The van der Waals surface area contributed by atoms with Crippen molar-refractivity contribution in [3.05, 3.63) is 29.3 Å². The second kappa shape index (κ2) is 5.84. The number of nitrogens with two attached hydrogens (primary N) is 1. The molecule has 0 radical (unpaired) electrons. The van der Waals surface area contributed by atoms with E-state index in [4.69, 9.17) is 15.5 Å². The van der Waals surface area contributed by atoms with Crippen LogP contribution in [0.25, 0.3) is 0 Å². The molecule has 9 heteroatoms. The molecular weight excluding hydrogens is 279 g/mol. The quantitative estimate of drug-likeness (QED) is 0.402. The van der Waals surface area contributed by atoms with Crippen LogP contribution in [0, 0.1) is 0 Å². The molecule has 0 saturated carbocycles. The minimum atomic E-state index is -1.41. The van der Waals surface area contributed by atoms with Gasteiger partial charge in [0.25, 0.3) is 0 Å². The van der Waals surface area contributed by atoms with Gasteiger partial charge < -0.3 is 25.8 Å². The van der Waals surface area contributed by atoms with Crippen molar-refractivity contribution >= 4 is 24.9 Å². The number of primary amides is 1. The van der Waals surface area contributed by atoms with Crippen LogP contribution in [0.4, 0.5) is 0 Å². The van der Waals surface area contributed by atoms with E-state index in [0.717, 1.165) is 0 Å². The molecule has 21 heavy (non-hydrogen) atoms. The molecule has 1 heterocycles. The van der Waals surface area contributed by atoms with Gasteiger partial charge in [-0.1, -0.05) is 12.1 Å². The summed E-state index contributed by atoms with van der Waals surface area (Å²) in [7, 11) is -1.41. The fraction of sp³-hybridized carbons (Fsp3) is 0.250. The molecule has 1 aliphatic rings. The lowest BCUT2D eigenvalue weighted by Crippen LogP contribution is -2.53. The summed E-state index contributed by atoms with van der Waals surface area (Å²) in [5.41, 5.74) is 5.39. The first kappa shape index (κ1) is 14.9. The molecule has 0 bridgehead atoms. The third-order valence-corrected chi connectivity index (χ3v) is 3.03. The van der Waals surface area contributed by atoms with Crippen molar-refractivity contribution in [3.63, 3.8) is 0 Å². The van der Waals surface area contributed by atoms with Gasteiger partial charge in [-0.2, -0.15) is 0 Å². The molecule has 1 atom stereocenters. The van der Waals surface area contributed by atoms with Gasteiger partial charge in [-0.3, -0.25) is 9.59 Å². The Labute approximate surface area is 120 Å². The maximum absolute atomic E-state index is 11.5. The maximum atomic E-state index is 11.5. The minimum absolute atomic E-state index is 0.0616. The van der Waals surface area contributed by atoms with E-state index in [1.54, 1.807) is 12.1 Å². The lowest BCUT2D eigenvalue weighted by Gasteiger charge is -2.28. The first-order valence-electron chi connectivity index (χ1n) is 6.16. The predicted octanol–water partition coefficient (Wildman–Crippen LogP) is -1.30. The molecule has 1 aromatic rings. The average Bonchev–Trinajstić information content (AvgIpc) is 2.37. The van der Waals surface area contributed by atoms with E-state index < -0.39 is 37.3 Å². The first-order valence-corrected chi connectivity index (χ1v) is 6.16. The molecule has 1 aromatic carbocycles. The van der Waals surface area contributed by atoms with Crippen LogP contribution in [-0.4, -0.2) is 41.0 Å². The summed E-state index contributed by atoms with van der Waals surface area (Å²) in [5, 5.41) is 21.3. The fourth-order valence-corrected chi connectivity index (χ4v) is 2.13. The van der Waals surface area contributed by atoms with Gasteiger partial charge in [0, 0.05) is 0 Å². The molecule has 0 aliphatic carbocycles. The van der Waals surface area contributed by atoms with Crippen LogP contribution in [-0.2, 0) is 16.0 Å². The number of fused-ring (bicyclic) bond motifs is 1. The highest BCUT2D eigenvalue weighted by molar-refractivity contribution is 6.47. The van der Waals surface area contributed by atoms with E-state index in [-0.39, 0.29) is 17.7 Å². The van der Waals surface area contributed by atoms with E-state index in [1.807, 2.05) is 0 Å². The molecule has 0 fully saturated rings. The van der Waals surface area contributed by atoms with Gasteiger partial charge in [0.1, 0.15) is 12.2 Å². The standard InChI is InChI=1S/C12H13BN2O6/c14-9(16)5-10(17)15-8-4-6-2-1-3-7(12(18)19)11(6)21-13(8)20/h1-3,8,20H,4-5H2,(H2,14,16)(H,15,17)(H,18,19)/t8-/m0/s1. The van der Waals surface area contributed by atoms with Gasteiger partial charge >= 0.3 is 13.1 Å². The Morgan fingerprint density at radius 2 is 2.14 bits per heavy atom. The molecule has 0 spiro atoms. The highest BCUT2D eigenvalue weighted by Crippen LogP contribution is 2.30. The van der Waals surface area contributed by atoms with Crippen molar-refractivity contribution < 1.29 is 29.2 Å². The number of carboxylic acids is 1. The van der Waals surface area contributed by atoms with Crippen LogP contribution in [0.3, 0.4) is 0 Å². The van der Waals surface area contributed by atoms with Gasteiger partial charge in [-0.05, 0) is 18.1 Å². The monoisotopic (exact) mass is 292 g/mol. The number of benzene rings is 1. The van der Waals surface area contributed by atoms with Crippen molar-refractivity contribution in [2.75, 3.05) is 0 Å². The number of hydrogen-bond donors (Lipinski definition) is 4. The minimum Gasteiger partial charge on any atom is -0.534 e. The van der Waals surface area contributed by atoms with Crippen LogP contribution in [0.5, 0.6) is 5.75 Å². The van der Waals surface area contributed by atoms with Gasteiger partial charge in [-0.15, -0.1) is 0 Å². The number of hydrogen-bond acceptors (Lipinski definition) is 5. The number of carbonyl (C=O) groups excluding carboxylic acids is 2. The summed E-state index contributed by atoms with van der Waals surface area (Å²) in [6.07, 6.45) is -0.312. The van der Waals surface area contributed by atoms with Gasteiger partial charge in [-0.25, -0.2) is 4.79 Å². The van der Waals surface area contributed by atoms with Crippen LogP contribution in [0.1, 0.15) is 22.3 Å². The van der Waals surface area contributed by atoms with Crippen molar-refractivity contribution in [2.24, 2.45) is 5.73 Å². The van der Waals surface area contributed by atoms with E-state index in [9.17, 15) is 19.4 Å². The zero-order valence-electron chi connectivity index (χ0n) is 10.9. The van der Waals surface area contributed by atoms with E-state index >= 15 is 0 Å². The Hall–Kier alpha value is -2.55. The molecule has 0 aromatic heterocycles. The van der Waals surface area contributed by atoms with E-state index in [0.29, 0.717) is 5.56 Å². The number of aromatic carboxylic acids is 1. The zero-order valence-corrected chi connectivity index (χ0v) is 10.9. The van der Waals surface area contributed by atoms with Crippen LogP contribution in [0.15, 0.2) is 18.2 Å². The molecule has 1 aliphatic heterocycles. The number of para-hydroxylation sites is 1. The van der Waals surface area contributed by atoms with E-state index in [2.05, 4.69) is 5.32 Å². The number of nitrogens with one attached hydrogen (secondary N) is 1. The van der Waals surface area contributed by atoms with Crippen molar-refractivity contribution in [1.29, 1.82) is 0 Å². The number of carbonyl (C=O) groups is 3. The molecule has 5 N–H and O–H groups in total. The van der Waals surface area contributed by atoms with Gasteiger partial charge in [0.15, 0.2) is 0 Å². The lowest BCUT2D eigenvalue weighted by atomic mass is 9.72. The Morgan fingerprint density at radius 1 is 1.43 bits per heavy atom. The van der Waals surface area contributed by atoms with Crippen molar-refractivity contribution in [1.82, 2.24) is 5.32 Å². The Kier molecular flexibility index (Phi) is 4.13. The van der Waals surface area contributed by atoms with Gasteiger partial charge in [0.2, 0.25) is 11.8 Å². The summed E-state index contributed by atoms with van der Waals surface area (Å²) in [4.78, 5) is 33.2. The Bertz CT molecular complexity index is 605. The second-order valence-corrected chi connectivity index (χ2v) is 4.63. The predicted molar refractivity (Wildman–Crippen MR) is 71.4 cm³/mol. The summed E-state index contributed by atoms with van der Waals surface area (Å²) >= 11 is 0. The smallest absolute Gasteiger partial charge is 0.534 e. The van der Waals surface area contributed by atoms with Crippen LogP contribution >= 0.6 is 0 Å². The Morgan fingerprint density at radius 3 is 2.76 bits per heavy atom. The van der Waals surface area contributed by atoms with Gasteiger partial charge in [0.05, 0.1) is 11.5 Å². The number of rotatable bonds is 4. The Balaban J connectivity index is 2.17. The summed E-state index contributed by atoms with van der Waals surface area (Å²) in [6, 6.07) is 4.55. The third-order valence-electron chi connectivity index (χ3n) is 3.03. The molecule has 110 valence electrons. The molecular formula is C12H13BN2O6. The summed E-state index contributed by atoms with van der Waals surface area (Å²) in [6.45, 7) is 0. The first-order chi connectivity index (χ1) is 9.88. The normalized spacial score (nSPS) is 16.6. The molecule has 2 rings (SSSR count). The maximum Gasteiger partial charge on any atom is 0.547 e. The third kappa shape index (κ3) is 3.32. The molecule has 2 amide bonds. The zero-order chi connectivity index (χ0) is 15.6. The fourth-order valence-electron chi connectivity index (χ4n) is 2.13. The highest BCUT2D eigenvalue weighted by atomic mass is 16.5. The van der Waals surface area contributed by atoms with Crippen molar-refractivity contribution in [3.8, 4) is 5.75 Å². The lowest BCUT2D eigenvalue weighted by molar-refractivity contribution is -0.127. The molecule has 0 saturated heterocycles. The van der Waals surface area contributed by atoms with Crippen LogP contribution < -0.4 is 15.7 Å². The van der Waals surface area contributed by atoms with Crippen LogP contribution in [0.2, 0.25) is 0 Å². The molecule has 8 nitrogen and oxygen atoms in total. The average molecular weight is 292 g/mol. The molecule has 0 unspecified atom stereocenters. The SMILES string of the molecule is NC(=O)CC(=O)N[C@H]1Cc2cccc(C(=O)O)c2OB1O. The van der Waals surface area contributed by atoms with Crippen molar-refractivity contribution in [2.45, 2.75) is 18.8 Å². The largest absolute Gasteiger partial charge is 0.547 e. The number of amides is 2. The topological polar surface area (TPSA) is 139 Å². The highest BCUT2D eigenvalue weighted by Gasteiger charge is 2.37.